The Hall–Kier alpha value is -0.520. The number of hydrogen-bond donors (Lipinski definition) is 1. The van der Waals surface area contributed by atoms with Crippen LogP contribution in [0.4, 0.5) is 0 Å². The summed E-state index contributed by atoms with van der Waals surface area (Å²) >= 11 is 2.22. The van der Waals surface area contributed by atoms with Gasteiger partial charge in [-0.25, -0.2) is 0 Å². The zero-order valence-electron chi connectivity index (χ0n) is 17.0. The second-order valence-corrected chi connectivity index (χ2v) is 10.5. The Bertz CT molecular complexity index is 545. The highest BCUT2D eigenvalue weighted by Crippen LogP contribution is 2.56. The van der Waals surface area contributed by atoms with E-state index in [1.165, 1.54) is 57.1 Å². The molecule has 0 aromatic carbocycles. The van der Waals surface area contributed by atoms with Crippen LogP contribution in [-0.4, -0.2) is 46.5 Å². The van der Waals surface area contributed by atoms with Gasteiger partial charge in [0.2, 0.25) is 0 Å². The number of ether oxygens (including phenoxy) is 2. The fraction of sp³-hybridized carbons (Fsp3) is 0.870. The van der Waals surface area contributed by atoms with Gasteiger partial charge in [-0.3, -0.25) is 4.79 Å². The third kappa shape index (κ3) is 5.14. The van der Waals surface area contributed by atoms with E-state index in [4.69, 9.17) is 14.6 Å². The highest BCUT2D eigenvalue weighted by molar-refractivity contribution is 7.99. The number of allylic oxidation sites excluding steroid dienone is 2. The van der Waals surface area contributed by atoms with Gasteiger partial charge in [0.05, 0.1) is 12.2 Å². The predicted molar refractivity (Wildman–Crippen MR) is 113 cm³/mol. The number of carboxylic acid groups (broad SMARTS) is 1. The van der Waals surface area contributed by atoms with Gasteiger partial charge >= 0.3 is 5.97 Å². The van der Waals surface area contributed by atoms with Crippen molar-refractivity contribution in [2.75, 3.05) is 5.75 Å². The highest BCUT2D eigenvalue weighted by atomic mass is 32.2. The molecule has 0 aromatic heterocycles. The van der Waals surface area contributed by atoms with Crippen LogP contribution >= 0.6 is 11.8 Å². The fourth-order valence-electron chi connectivity index (χ4n) is 5.57. The number of thioether (sulfide) groups is 1. The van der Waals surface area contributed by atoms with Gasteiger partial charge in [0, 0.05) is 11.7 Å². The summed E-state index contributed by atoms with van der Waals surface area (Å²) in [6, 6.07) is 0. The minimum atomic E-state index is -0.700. The van der Waals surface area contributed by atoms with Gasteiger partial charge in [0.1, 0.15) is 12.2 Å². The van der Waals surface area contributed by atoms with Crippen LogP contribution < -0.4 is 0 Å². The molecule has 0 spiro atoms. The Kier molecular flexibility index (Phi) is 7.40. The summed E-state index contributed by atoms with van der Waals surface area (Å²) < 4.78 is 12.1. The molecule has 0 radical (unpaired) electrons. The largest absolute Gasteiger partial charge is 0.481 e. The number of fused-ring (bicyclic) bond motifs is 5. The Morgan fingerprint density at radius 3 is 2.46 bits per heavy atom. The molecule has 5 heteroatoms. The number of epoxide rings is 1. The maximum Gasteiger partial charge on any atom is 0.303 e. The molecule has 1 saturated carbocycles. The van der Waals surface area contributed by atoms with Crippen LogP contribution in [0.5, 0.6) is 0 Å². The Labute approximate surface area is 173 Å². The van der Waals surface area contributed by atoms with Crippen molar-refractivity contribution >= 4 is 17.7 Å². The summed E-state index contributed by atoms with van der Waals surface area (Å²) in [5, 5.41) is 9.65. The van der Waals surface area contributed by atoms with Crippen LogP contribution in [0.25, 0.3) is 0 Å². The third-order valence-corrected chi connectivity index (χ3v) is 8.56. The van der Waals surface area contributed by atoms with Crippen molar-refractivity contribution in [3.8, 4) is 0 Å². The van der Waals surface area contributed by atoms with E-state index in [1.54, 1.807) is 0 Å². The Morgan fingerprint density at radius 1 is 0.929 bits per heavy atom. The molecule has 4 rings (SSSR count). The zero-order valence-corrected chi connectivity index (χ0v) is 17.8. The smallest absolute Gasteiger partial charge is 0.303 e. The summed E-state index contributed by atoms with van der Waals surface area (Å²) in [6.07, 6.45) is 19.9. The number of carbonyl (C=O) groups is 1. The molecule has 3 heterocycles. The lowest BCUT2D eigenvalue weighted by Gasteiger charge is -2.25. The first kappa shape index (κ1) is 20.7. The van der Waals surface area contributed by atoms with Crippen LogP contribution in [0.2, 0.25) is 0 Å². The Morgan fingerprint density at radius 2 is 1.68 bits per heavy atom. The quantitative estimate of drug-likeness (QED) is 0.273. The topological polar surface area (TPSA) is 59.1 Å². The molecular weight excluding hydrogens is 372 g/mol. The van der Waals surface area contributed by atoms with E-state index in [2.05, 4.69) is 23.9 Å². The molecule has 4 fully saturated rings. The molecule has 3 saturated heterocycles. The molecule has 28 heavy (non-hydrogen) atoms. The summed E-state index contributed by atoms with van der Waals surface area (Å²) in [5.74, 6) is 1.87. The molecule has 1 N–H and O–H groups in total. The lowest BCUT2D eigenvalue weighted by Crippen LogP contribution is -2.32. The molecule has 0 aromatic rings. The maximum absolute atomic E-state index is 10.6. The average molecular weight is 409 g/mol. The molecule has 2 bridgehead atoms. The SMILES string of the molecule is O=C(O)CCCC=CC[C@H]1[C@@H](CCCCSC2CCCCC2)[C@@H]2O[C@H]1[C@@H]1O[C@@H]12. The predicted octanol–water partition coefficient (Wildman–Crippen LogP) is 5.20. The van der Waals surface area contributed by atoms with Crippen molar-refractivity contribution in [2.24, 2.45) is 11.8 Å². The molecule has 0 unspecified atom stereocenters. The van der Waals surface area contributed by atoms with Crippen LogP contribution in [-0.2, 0) is 14.3 Å². The van der Waals surface area contributed by atoms with E-state index < -0.39 is 5.97 Å². The van der Waals surface area contributed by atoms with Gasteiger partial charge in [-0.05, 0) is 62.5 Å². The molecule has 6 atom stereocenters. The van der Waals surface area contributed by atoms with Crippen molar-refractivity contribution in [3.63, 3.8) is 0 Å². The third-order valence-electron chi connectivity index (χ3n) is 7.09. The second kappa shape index (κ2) is 9.99. The first-order valence-electron chi connectivity index (χ1n) is 11.5. The van der Waals surface area contributed by atoms with Crippen molar-refractivity contribution < 1.29 is 19.4 Å². The van der Waals surface area contributed by atoms with Gasteiger partial charge in [0.25, 0.3) is 0 Å². The Balaban J connectivity index is 1.16. The maximum atomic E-state index is 10.6. The second-order valence-electron chi connectivity index (χ2n) is 9.08. The number of carboxylic acids is 1. The molecule has 0 amide bonds. The lowest BCUT2D eigenvalue weighted by molar-refractivity contribution is -0.137. The van der Waals surface area contributed by atoms with Gasteiger partial charge in [0.15, 0.2) is 0 Å². The molecule has 4 nitrogen and oxygen atoms in total. The van der Waals surface area contributed by atoms with Gasteiger partial charge in [-0.15, -0.1) is 0 Å². The number of rotatable bonds is 12. The van der Waals surface area contributed by atoms with Gasteiger partial charge < -0.3 is 14.6 Å². The molecular formula is C23H36O4S. The summed E-state index contributed by atoms with van der Waals surface area (Å²) in [7, 11) is 0. The standard InChI is InChI=1S/C23H36O4S/c24-19(25)14-7-2-1-6-12-17-18(21-23-22(27-23)20(17)26-21)13-8-9-15-28-16-10-4-3-5-11-16/h1,6,16-18,20-23H,2-5,7-15H2,(H,24,25)/t17-,18+,20+,21-,22-,23+/m0/s1. The summed E-state index contributed by atoms with van der Waals surface area (Å²) in [4.78, 5) is 10.6. The van der Waals surface area contributed by atoms with E-state index in [0.29, 0.717) is 36.3 Å². The first-order valence-corrected chi connectivity index (χ1v) is 12.6. The average Bonchev–Trinajstić information content (AvgIpc) is 3.32. The minimum absolute atomic E-state index is 0.265. The van der Waals surface area contributed by atoms with Crippen LogP contribution in [0.3, 0.4) is 0 Å². The minimum Gasteiger partial charge on any atom is -0.481 e. The highest BCUT2D eigenvalue weighted by Gasteiger charge is 2.68. The molecule has 4 aliphatic rings. The van der Waals surface area contributed by atoms with Crippen LogP contribution in [0.15, 0.2) is 12.2 Å². The van der Waals surface area contributed by atoms with Crippen molar-refractivity contribution in [2.45, 2.75) is 107 Å². The monoisotopic (exact) mass is 408 g/mol. The molecule has 3 aliphatic heterocycles. The van der Waals surface area contributed by atoms with Crippen LogP contribution in [0.1, 0.15) is 77.0 Å². The number of hydrogen-bond acceptors (Lipinski definition) is 4. The lowest BCUT2D eigenvalue weighted by atomic mass is 9.75. The van der Waals surface area contributed by atoms with E-state index in [9.17, 15) is 4.79 Å². The van der Waals surface area contributed by atoms with Gasteiger partial charge in [-0.2, -0.15) is 11.8 Å². The molecule has 158 valence electrons. The van der Waals surface area contributed by atoms with Crippen molar-refractivity contribution in [3.05, 3.63) is 12.2 Å². The van der Waals surface area contributed by atoms with Crippen molar-refractivity contribution in [1.82, 2.24) is 0 Å². The summed E-state index contributed by atoms with van der Waals surface area (Å²) in [6.45, 7) is 0. The fourth-order valence-corrected chi connectivity index (χ4v) is 6.94. The first-order chi connectivity index (χ1) is 13.7. The van der Waals surface area contributed by atoms with Crippen molar-refractivity contribution in [1.29, 1.82) is 0 Å². The van der Waals surface area contributed by atoms with E-state index in [1.807, 2.05) is 0 Å². The van der Waals surface area contributed by atoms with E-state index >= 15 is 0 Å². The number of aliphatic carboxylic acids is 1. The molecule has 1 aliphatic carbocycles. The zero-order chi connectivity index (χ0) is 19.3. The van der Waals surface area contributed by atoms with Crippen LogP contribution in [0, 0.1) is 11.8 Å². The van der Waals surface area contributed by atoms with E-state index in [-0.39, 0.29) is 6.42 Å². The van der Waals surface area contributed by atoms with E-state index in [0.717, 1.165) is 24.5 Å². The number of unbranched alkanes of at least 4 members (excludes halogenated alkanes) is 2. The summed E-state index contributed by atoms with van der Waals surface area (Å²) in [5.41, 5.74) is 0. The van der Waals surface area contributed by atoms with Gasteiger partial charge in [-0.1, -0.05) is 37.8 Å². The normalized spacial score (nSPS) is 36.9.